The zero-order chi connectivity index (χ0) is 20.5. The summed E-state index contributed by atoms with van der Waals surface area (Å²) in [4.78, 5) is 13.4. The van der Waals surface area contributed by atoms with Crippen molar-refractivity contribution in [2.24, 2.45) is 5.92 Å². The molecular formula is C24H27N5O. The van der Waals surface area contributed by atoms with Crippen molar-refractivity contribution >= 4 is 27.8 Å². The van der Waals surface area contributed by atoms with E-state index in [4.69, 9.17) is 4.74 Å². The molecule has 1 saturated carbocycles. The molecule has 4 aromatic rings. The smallest absolute Gasteiger partial charge is 0.225 e. The van der Waals surface area contributed by atoms with E-state index in [9.17, 15) is 0 Å². The minimum Gasteiger partial charge on any atom is -0.480 e. The predicted octanol–water partition coefficient (Wildman–Crippen LogP) is 5.00. The summed E-state index contributed by atoms with van der Waals surface area (Å²) in [5, 5.41) is 5.31. The van der Waals surface area contributed by atoms with E-state index in [-0.39, 0.29) is 0 Å². The molecule has 3 aromatic heterocycles. The van der Waals surface area contributed by atoms with Crippen LogP contribution in [0.2, 0.25) is 0 Å². The number of nitrogens with one attached hydrogen (secondary N) is 1. The number of hydrogen-bond donors (Lipinski definition) is 1. The number of methoxy groups -OCH3 is 1. The molecule has 30 heavy (non-hydrogen) atoms. The first-order valence-electron chi connectivity index (χ1n) is 10.7. The Balaban J connectivity index is 1.26. The highest BCUT2D eigenvalue weighted by atomic mass is 16.5. The van der Waals surface area contributed by atoms with Gasteiger partial charge >= 0.3 is 0 Å². The van der Waals surface area contributed by atoms with Crippen molar-refractivity contribution < 1.29 is 4.74 Å². The average Bonchev–Trinajstić information content (AvgIpc) is 3.43. The minimum absolute atomic E-state index is 0.503. The highest BCUT2D eigenvalue weighted by molar-refractivity contribution is 5.81. The van der Waals surface area contributed by atoms with Gasteiger partial charge in [0.1, 0.15) is 17.8 Å². The van der Waals surface area contributed by atoms with Crippen LogP contribution < -0.4 is 10.1 Å². The van der Waals surface area contributed by atoms with Crippen molar-refractivity contribution in [3.63, 3.8) is 0 Å². The van der Waals surface area contributed by atoms with Gasteiger partial charge in [0.25, 0.3) is 0 Å². The molecule has 0 radical (unpaired) electrons. The summed E-state index contributed by atoms with van der Waals surface area (Å²) in [6.07, 6.45) is 9.72. The first-order valence-corrected chi connectivity index (χ1v) is 10.7. The molecule has 3 heterocycles. The SMILES string of the molecule is CNc1ccc2ccc(CCC3CCC(n4ccc5c(OC)ncnc54)C3)cc2n1. The zero-order valence-corrected chi connectivity index (χ0v) is 17.5. The lowest BCUT2D eigenvalue weighted by Gasteiger charge is -2.14. The highest BCUT2D eigenvalue weighted by Crippen LogP contribution is 2.39. The van der Waals surface area contributed by atoms with Gasteiger partial charge in [-0.1, -0.05) is 12.1 Å². The summed E-state index contributed by atoms with van der Waals surface area (Å²) < 4.78 is 7.70. The Hall–Kier alpha value is -3.15. The Kier molecular flexibility index (Phi) is 4.99. The number of anilines is 1. The Bertz CT molecular complexity index is 1180. The van der Waals surface area contributed by atoms with Crippen LogP contribution in [0, 0.1) is 5.92 Å². The molecule has 1 aliphatic rings. The third kappa shape index (κ3) is 3.47. The maximum Gasteiger partial charge on any atom is 0.225 e. The Morgan fingerprint density at radius 3 is 2.90 bits per heavy atom. The topological polar surface area (TPSA) is 64.9 Å². The highest BCUT2D eigenvalue weighted by Gasteiger charge is 2.27. The van der Waals surface area contributed by atoms with Crippen LogP contribution >= 0.6 is 0 Å². The summed E-state index contributed by atoms with van der Waals surface area (Å²) in [6.45, 7) is 0. The van der Waals surface area contributed by atoms with E-state index in [2.05, 4.69) is 61.4 Å². The van der Waals surface area contributed by atoms with Gasteiger partial charge in [0.05, 0.1) is 18.0 Å². The molecule has 5 rings (SSSR count). The fourth-order valence-corrected chi connectivity index (χ4v) is 4.80. The maximum atomic E-state index is 5.38. The van der Waals surface area contributed by atoms with E-state index in [0.717, 1.165) is 34.7 Å². The number of aromatic nitrogens is 4. The van der Waals surface area contributed by atoms with Crippen molar-refractivity contribution in [1.29, 1.82) is 0 Å². The molecule has 0 saturated heterocycles. The van der Waals surface area contributed by atoms with Crippen LogP contribution in [0.5, 0.6) is 5.88 Å². The van der Waals surface area contributed by atoms with E-state index in [1.54, 1.807) is 13.4 Å². The van der Waals surface area contributed by atoms with E-state index >= 15 is 0 Å². The van der Waals surface area contributed by atoms with Gasteiger partial charge in [-0.05, 0) is 67.9 Å². The standard InChI is InChI=1S/C24H27N5O/c1-25-22-10-8-18-7-5-17(14-21(18)28-22)4-3-16-6-9-19(13-16)29-12-11-20-23(29)26-15-27-24(20)30-2/h5,7-8,10-12,14-16,19H,3-4,6,9,13H2,1-2H3,(H,25,28). The van der Waals surface area contributed by atoms with Gasteiger partial charge in [-0.2, -0.15) is 0 Å². The van der Waals surface area contributed by atoms with Gasteiger partial charge < -0.3 is 14.6 Å². The van der Waals surface area contributed by atoms with Crippen LogP contribution in [0.1, 0.15) is 37.3 Å². The number of benzene rings is 1. The lowest BCUT2D eigenvalue weighted by atomic mass is 9.97. The van der Waals surface area contributed by atoms with Crippen molar-refractivity contribution in [2.75, 3.05) is 19.5 Å². The summed E-state index contributed by atoms with van der Waals surface area (Å²) in [7, 11) is 3.57. The number of fused-ring (bicyclic) bond motifs is 2. The summed E-state index contributed by atoms with van der Waals surface area (Å²) >= 11 is 0. The van der Waals surface area contributed by atoms with E-state index in [1.807, 2.05) is 13.1 Å². The van der Waals surface area contributed by atoms with Crippen molar-refractivity contribution in [1.82, 2.24) is 19.5 Å². The fourth-order valence-electron chi connectivity index (χ4n) is 4.80. The van der Waals surface area contributed by atoms with Crippen LogP contribution in [0.15, 0.2) is 48.9 Å². The molecule has 6 heteroatoms. The number of nitrogens with zero attached hydrogens (tertiary/aromatic N) is 4. The molecule has 1 aliphatic carbocycles. The van der Waals surface area contributed by atoms with Gasteiger partial charge in [-0.25, -0.2) is 15.0 Å². The van der Waals surface area contributed by atoms with Crippen LogP contribution in [-0.4, -0.2) is 33.7 Å². The molecule has 0 aliphatic heterocycles. The Labute approximate surface area is 176 Å². The van der Waals surface area contributed by atoms with Gasteiger partial charge in [0, 0.05) is 24.7 Å². The van der Waals surface area contributed by atoms with Crippen molar-refractivity contribution in [3.05, 3.63) is 54.5 Å². The number of rotatable bonds is 6. The molecule has 2 unspecified atom stereocenters. The molecule has 1 aromatic carbocycles. The summed E-state index contributed by atoms with van der Waals surface area (Å²) in [6, 6.07) is 13.4. The zero-order valence-electron chi connectivity index (χ0n) is 17.5. The van der Waals surface area contributed by atoms with Gasteiger partial charge in [0.15, 0.2) is 0 Å². The number of ether oxygens (including phenoxy) is 1. The predicted molar refractivity (Wildman–Crippen MR) is 120 cm³/mol. The molecule has 0 spiro atoms. The van der Waals surface area contributed by atoms with Gasteiger partial charge in [0.2, 0.25) is 5.88 Å². The van der Waals surface area contributed by atoms with Crippen LogP contribution in [0.4, 0.5) is 5.82 Å². The number of aryl methyl sites for hydroxylation is 1. The fraction of sp³-hybridized carbons (Fsp3) is 0.375. The number of hydrogen-bond acceptors (Lipinski definition) is 5. The number of pyridine rings is 1. The molecule has 154 valence electrons. The molecule has 0 amide bonds. The molecule has 2 atom stereocenters. The Morgan fingerprint density at radius 2 is 2.03 bits per heavy atom. The third-order valence-electron chi connectivity index (χ3n) is 6.43. The lowest BCUT2D eigenvalue weighted by molar-refractivity contribution is 0.402. The van der Waals surface area contributed by atoms with Gasteiger partial charge in [-0.3, -0.25) is 0 Å². The molecular weight excluding hydrogens is 374 g/mol. The van der Waals surface area contributed by atoms with Crippen LogP contribution in [0.25, 0.3) is 21.9 Å². The van der Waals surface area contributed by atoms with E-state index < -0.39 is 0 Å². The van der Waals surface area contributed by atoms with Crippen LogP contribution in [-0.2, 0) is 6.42 Å². The van der Waals surface area contributed by atoms with E-state index in [1.165, 1.54) is 36.6 Å². The third-order valence-corrected chi connectivity index (χ3v) is 6.43. The average molecular weight is 402 g/mol. The second-order valence-electron chi connectivity index (χ2n) is 8.19. The van der Waals surface area contributed by atoms with Gasteiger partial charge in [-0.15, -0.1) is 0 Å². The van der Waals surface area contributed by atoms with Crippen molar-refractivity contribution in [2.45, 2.75) is 38.1 Å². The van der Waals surface area contributed by atoms with Crippen LogP contribution in [0.3, 0.4) is 0 Å². The summed E-state index contributed by atoms with van der Waals surface area (Å²) in [5.74, 6) is 2.31. The molecule has 1 fully saturated rings. The monoisotopic (exact) mass is 401 g/mol. The molecule has 6 nitrogen and oxygen atoms in total. The largest absolute Gasteiger partial charge is 0.480 e. The normalized spacial score (nSPS) is 18.9. The maximum absolute atomic E-state index is 5.38. The quantitative estimate of drug-likeness (QED) is 0.492. The Morgan fingerprint density at radius 1 is 1.13 bits per heavy atom. The molecule has 0 bridgehead atoms. The second kappa shape index (κ2) is 7.94. The first kappa shape index (κ1) is 18.9. The second-order valence-corrected chi connectivity index (χ2v) is 8.19. The van der Waals surface area contributed by atoms with Crippen molar-refractivity contribution in [3.8, 4) is 5.88 Å². The summed E-state index contributed by atoms with van der Waals surface area (Å²) in [5.41, 5.74) is 3.42. The molecule has 1 N–H and O–H groups in total. The lowest BCUT2D eigenvalue weighted by Crippen LogP contribution is -2.06. The minimum atomic E-state index is 0.503. The van der Waals surface area contributed by atoms with E-state index in [0.29, 0.717) is 11.9 Å². The first-order chi connectivity index (χ1) is 14.7.